The Bertz CT molecular complexity index is 679. The number of alkyl halides is 2. The maximum atomic E-state index is 12.5. The monoisotopic (exact) mass is 477 g/mol. The summed E-state index contributed by atoms with van der Waals surface area (Å²) in [6.45, 7) is 2.14. The van der Waals surface area contributed by atoms with Crippen LogP contribution in [0.5, 0.6) is 5.75 Å². The molecule has 1 heterocycles. The molecule has 8 heteroatoms. The zero-order valence-electron chi connectivity index (χ0n) is 14.2. The summed E-state index contributed by atoms with van der Waals surface area (Å²) in [6, 6.07) is 10.3. The molecule has 2 aromatic rings. The average molecular weight is 477 g/mol. The number of guanidine groups is 1. The molecule has 0 saturated carbocycles. The molecule has 0 bridgehead atoms. The van der Waals surface area contributed by atoms with E-state index in [2.05, 4.69) is 26.9 Å². The van der Waals surface area contributed by atoms with E-state index in [-0.39, 0.29) is 36.3 Å². The number of ether oxygens (including phenoxy) is 1. The molecule has 142 valence electrons. The largest absolute Gasteiger partial charge is 0.469 e. The summed E-state index contributed by atoms with van der Waals surface area (Å²) in [5, 5.41) is 6.25. The van der Waals surface area contributed by atoms with E-state index >= 15 is 0 Å². The topological polar surface area (TPSA) is 58.8 Å². The molecule has 0 radical (unpaired) electrons. The summed E-state index contributed by atoms with van der Waals surface area (Å²) < 4.78 is 34.7. The molecule has 26 heavy (non-hydrogen) atoms. The molecule has 0 saturated heterocycles. The van der Waals surface area contributed by atoms with Gasteiger partial charge in [0, 0.05) is 25.1 Å². The number of nitrogens with zero attached hydrogens (tertiary/aromatic N) is 1. The van der Waals surface area contributed by atoms with Gasteiger partial charge in [0.1, 0.15) is 11.5 Å². The third-order valence-electron chi connectivity index (χ3n) is 3.25. The second-order valence-corrected chi connectivity index (χ2v) is 5.08. The Balaban J connectivity index is 0.00000338. The number of aliphatic imine (C=N–C) groups is 1. The van der Waals surface area contributed by atoms with Crippen LogP contribution in [-0.2, 0) is 13.0 Å². The van der Waals surface area contributed by atoms with Gasteiger partial charge in [-0.15, -0.1) is 30.6 Å². The molecule has 0 aliphatic carbocycles. The van der Waals surface area contributed by atoms with E-state index in [1.807, 2.05) is 12.1 Å². The average Bonchev–Trinajstić information content (AvgIpc) is 3.11. The maximum absolute atomic E-state index is 12.5. The van der Waals surface area contributed by atoms with Crippen molar-refractivity contribution in [1.82, 2.24) is 10.6 Å². The molecule has 5 nitrogen and oxygen atoms in total. The highest BCUT2D eigenvalue weighted by Gasteiger charge is 2.09. The van der Waals surface area contributed by atoms with Crippen molar-refractivity contribution in [2.45, 2.75) is 19.6 Å². The van der Waals surface area contributed by atoms with Gasteiger partial charge in [0.2, 0.25) is 0 Å². The minimum absolute atomic E-state index is 0. The highest BCUT2D eigenvalue weighted by atomic mass is 127. The van der Waals surface area contributed by atoms with Crippen LogP contribution in [0.15, 0.2) is 64.7 Å². The van der Waals surface area contributed by atoms with E-state index in [0.717, 1.165) is 5.76 Å². The van der Waals surface area contributed by atoms with E-state index in [4.69, 9.17) is 4.42 Å². The van der Waals surface area contributed by atoms with E-state index in [9.17, 15) is 8.78 Å². The molecule has 1 aromatic heterocycles. The smallest absolute Gasteiger partial charge is 0.387 e. The first-order valence-electron chi connectivity index (χ1n) is 7.87. The van der Waals surface area contributed by atoms with E-state index in [0.29, 0.717) is 31.0 Å². The van der Waals surface area contributed by atoms with Gasteiger partial charge < -0.3 is 19.8 Å². The van der Waals surface area contributed by atoms with Crippen LogP contribution in [0, 0.1) is 0 Å². The van der Waals surface area contributed by atoms with Crippen molar-refractivity contribution in [2.24, 2.45) is 4.99 Å². The van der Waals surface area contributed by atoms with Gasteiger partial charge in [-0.2, -0.15) is 8.78 Å². The Labute approximate surface area is 168 Å². The Kier molecular flexibility index (Phi) is 10.4. The first kappa shape index (κ1) is 21.9. The molecule has 0 atom stereocenters. The fourth-order valence-corrected chi connectivity index (χ4v) is 2.11. The zero-order valence-corrected chi connectivity index (χ0v) is 16.5. The van der Waals surface area contributed by atoms with Crippen molar-refractivity contribution in [2.75, 3.05) is 13.1 Å². The van der Waals surface area contributed by atoms with Crippen LogP contribution in [0.2, 0.25) is 0 Å². The summed E-state index contributed by atoms with van der Waals surface area (Å²) in [7, 11) is 0. The second kappa shape index (κ2) is 12.3. The second-order valence-electron chi connectivity index (χ2n) is 5.08. The molecule has 0 fully saturated rings. The lowest BCUT2D eigenvalue weighted by Crippen LogP contribution is -2.38. The van der Waals surface area contributed by atoms with Crippen molar-refractivity contribution in [3.05, 3.63) is 66.6 Å². The molecule has 0 amide bonds. The molecule has 0 unspecified atom stereocenters. The fraction of sp³-hybridized carbons (Fsp3) is 0.278. The number of furan rings is 1. The Hall–Kier alpha value is -2.10. The Morgan fingerprint density at radius 3 is 2.73 bits per heavy atom. The normalized spacial score (nSPS) is 11.0. The van der Waals surface area contributed by atoms with Gasteiger partial charge in [0.15, 0.2) is 5.96 Å². The van der Waals surface area contributed by atoms with Gasteiger partial charge in [-0.25, -0.2) is 4.99 Å². The predicted molar refractivity (Wildman–Crippen MR) is 108 cm³/mol. The fourth-order valence-electron chi connectivity index (χ4n) is 2.11. The van der Waals surface area contributed by atoms with E-state index < -0.39 is 6.61 Å². The number of para-hydroxylation sites is 1. The molecular weight excluding hydrogens is 455 g/mol. The van der Waals surface area contributed by atoms with Crippen LogP contribution in [0.3, 0.4) is 0 Å². The molecule has 0 aliphatic heterocycles. The molecule has 2 rings (SSSR count). The number of nitrogens with one attached hydrogen (secondary N) is 2. The summed E-state index contributed by atoms with van der Waals surface area (Å²) in [5.41, 5.74) is 0.577. The number of hydrogen-bond acceptors (Lipinski definition) is 3. The zero-order chi connectivity index (χ0) is 17.9. The number of benzene rings is 1. The third-order valence-corrected chi connectivity index (χ3v) is 3.25. The number of halogens is 3. The standard InChI is InChI=1S/C18H21F2N3O2.HI/c1-2-10-21-18(22-11-9-15-7-5-12-24-15)23-13-14-6-3-4-8-16(14)25-17(19)20;/h2-8,12,17H,1,9-11,13H2,(H2,21,22,23);1H. The third kappa shape index (κ3) is 7.85. The summed E-state index contributed by atoms with van der Waals surface area (Å²) >= 11 is 0. The molecule has 1 aromatic carbocycles. The van der Waals surface area contributed by atoms with Gasteiger partial charge >= 0.3 is 6.61 Å². The van der Waals surface area contributed by atoms with Crippen molar-refractivity contribution in [3.63, 3.8) is 0 Å². The molecule has 0 spiro atoms. The lowest BCUT2D eigenvalue weighted by Gasteiger charge is -2.12. The van der Waals surface area contributed by atoms with Crippen LogP contribution >= 0.6 is 24.0 Å². The minimum atomic E-state index is -2.87. The quantitative estimate of drug-likeness (QED) is 0.249. The maximum Gasteiger partial charge on any atom is 0.387 e. The van der Waals surface area contributed by atoms with E-state index in [1.165, 1.54) is 6.07 Å². The lowest BCUT2D eigenvalue weighted by molar-refractivity contribution is -0.0504. The first-order valence-corrected chi connectivity index (χ1v) is 7.87. The summed E-state index contributed by atoms with van der Waals surface area (Å²) in [6.07, 6.45) is 4.03. The van der Waals surface area contributed by atoms with Crippen LogP contribution in [-0.4, -0.2) is 25.7 Å². The lowest BCUT2D eigenvalue weighted by atomic mass is 10.2. The van der Waals surface area contributed by atoms with Crippen molar-refractivity contribution < 1.29 is 17.9 Å². The first-order chi connectivity index (χ1) is 12.2. The summed E-state index contributed by atoms with van der Waals surface area (Å²) in [5.74, 6) is 1.55. The Morgan fingerprint density at radius 1 is 1.23 bits per heavy atom. The van der Waals surface area contributed by atoms with Crippen LogP contribution in [0.25, 0.3) is 0 Å². The van der Waals surface area contributed by atoms with Crippen LogP contribution in [0.4, 0.5) is 8.78 Å². The van der Waals surface area contributed by atoms with Crippen molar-refractivity contribution >= 4 is 29.9 Å². The minimum Gasteiger partial charge on any atom is -0.469 e. The predicted octanol–water partition coefficient (Wildman–Crippen LogP) is 3.96. The van der Waals surface area contributed by atoms with Gasteiger partial charge in [0.25, 0.3) is 0 Å². The van der Waals surface area contributed by atoms with E-state index in [1.54, 1.807) is 30.5 Å². The SMILES string of the molecule is C=CCNC(=NCc1ccccc1OC(F)F)NCCc1ccco1.I. The molecular formula is C18H22F2IN3O2. The van der Waals surface area contributed by atoms with Crippen LogP contribution < -0.4 is 15.4 Å². The number of hydrogen-bond donors (Lipinski definition) is 2. The van der Waals surface area contributed by atoms with Crippen molar-refractivity contribution in [3.8, 4) is 5.75 Å². The van der Waals surface area contributed by atoms with Gasteiger partial charge in [0.05, 0.1) is 12.8 Å². The molecule has 2 N–H and O–H groups in total. The Morgan fingerprint density at radius 2 is 2.04 bits per heavy atom. The van der Waals surface area contributed by atoms with Crippen LogP contribution in [0.1, 0.15) is 11.3 Å². The summed E-state index contributed by atoms with van der Waals surface area (Å²) in [4.78, 5) is 4.41. The van der Waals surface area contributed by atoms with Gasteiger partial charge in [-0.05, 0) is 18.2 Å². The molecule has 0 aliphatic rings. The highest BCUT2D eigenvalue weighted by Crippen LogP contribution is 2.20. The number of rotatable bonds is 9. The van der Waals surface area contributed by atoms with Gasteiger partial charge in [-0.3, -0.25) is 0 Å². The highest BCUT2D eigenvalue weighted by molar-refractivity contribution is 14.0. The van der Waals surface area contributed by atoms with Crippen molar-refractivity contribution in [1.29, 1.82) is 0 Å². The van der Waals surface area contributed by atoms with Gasteiger partial charge in [-0.1, -0.05) is 24.3 Å².